The van der Waals surface area contributed by atoms with Gasteiger partial charge in [-0.25, -0.2) is 0 Å². The van der Waals surface area contributed by atoms with Crippen molar-refractivity contribution in [2.45, 2.75) is 39.0 Å². The summed E-state index contributed by atoms with van der Waals surface area (Å²) in [7, 11) is 0. The second-order valence-electron chi connectivity index (χ2n) is 8.43. The third-order valence-electron chi connectivity index (χ3n) is 5.81. The Morgan fingerprint density at radius 1 is 0.943 bits per heavy atom. The van der Waals surface area contributed by atoms with Crippen LogP contribution in [0.2, 0.25) is 0 Å². The molecular weight excluding hydrogens is 455 g/mol. The summed E-state index contributed by atoms with van der Waals surface area (Å²) in [6, 6.07) is 17.9. The highest BCUT2D eigenvalue weighted by atomic mass is 19.4. The zero-order valence-electron chi connectivity index (χ0n) is 19.4. The van der Waals surface area contributed by atoms with E-state index in [0.29, 0.717) is 22.5 Å². The second kappa shape index (κ2) is 9.84. The minimum Gasteiger partial charge on any atom is -0.334 e. The van der Waals surface area contributed by atoms with E-state index in [9.17, 15) is 18.0 Å². The maximum atomic E-state index is 13.5. The topological polar surface area (TPSA) is 68.0 Å². The first kappa shape index (κ1) is 24.3. The second-order valence-corrected chi connectivity index (χ2v) is 8.43. The summed E-state index contributed by atoms with van der Waals surface area (Å²) in [6.45, 7) is 5.52. The standard InChI is InChI=1S/C27H24F3N3O2/c1-16-14-21(12-13-22(16)23-6-4-5-7-24(23)27(28,29)30)26-32-25(33-35-26)20-10-8-19(9-11-20)18(3)31-17(2)15-34/h4-15,17-18,31H,1-3H3/t17-,18-/m1/s1. The Labute approximate surface area is 201 Å². The highest BCUT2D eigenvalue weighted by molar-refractivity contribution is 5.74. The number of nitrogens with zero attached hydrogens (tertiary/aromatic N) is 2. The van der Waals surface area contributed by atoms with Crippen LogP contribution in [0, 0.1) is 6.92 Å². The summed E-state index contributed by atoms with van der Waals surface area (Å²) in [5, 5.41) is 7.24. The van der Waals surface area contributed by atoms with Gasteiger partial charge in [-0.2, -0.15) is 18.2 Å². The zero-order valence-corrected chi connectivity index (χ0v) is 19.4. The number of rotatable bonds is 7. The van der Waals surface area contributed by atoms with Crippen molar-refractivity contribution in [2.75, 3.05) is 0 Å². The third kappa shape index (κ3) is 5.33. The minimum atomic E-state index is -4.45. The van der Waals surface area contributed by atoms with E-state index < -0.39 is 11.7 Å². The first-order chi connectivity index (χ1) is 16.7. The van der Waals surface area contributed by atoms with Crippen molar-refractivity contribution in [1.29, 1.82) is 0 Å². The smallest absolute Gasteiger partial charge is 0.334 e. The van der Waals surface area contributed by atoms with Crippen LogP contribution in [0.1, 0.15) is 36.6 Å². The van der Waals surface area contributed by atoms with E-state index >= 15 is 0 Å². The lowest BCUT2D eigenvalue weighted by Gasteiger charge is -2.16. The molecule has 0 spiro atoms. The molecule has 0 aliphatic rings. The van der Waals surface area contributed by atoms with E-state index in [-0.39, 0.29) is 23.5 Å². The number of aldehydes is 1. The van der Waals surface area contributed by atoms with Crippen molar-refractivity contribution < 1.29 is 22.5 Å². The summed E-state index contributed by atoms with van der Waals surface area (Å²) in [4.78, 5) is 15.3. The van der Waals surface area contributed by atoms with Crippen LogP contribution in [0.25, 0.3) is 34.0 Å². The Hall–Kier alpha value is -3.78. The Morgan fingerprint density at radius 3 is 2.29 bits per heavy atom. The lowest BCUT2D eigenvalue weighted by Crippen LogP contribution is -2.29. The molecule has 3 aromatic carbocycles. The number of halogens is 3. The van der Waals surface area contributed by atoms with E-state index in [1.807, 2.05) is 31.2 Å². The van der Waals surface area contributed by atoms with Crippen LogP contribution in [-0.4, -0.2) is 22.5 Å². The van der Waals surface area contributed by atoms with Crippen LogP contribution >= 0.6 is 0 Å². The molecule has 0 amide bonds. The van der Waals surface area contributed by atoms with Gasteiger partial charge in [-0.15, -0.1) is 0 Å². The number of carbonyl (C=O) groups excluding carboxylic acids is 1. The molecule has 0 bridgehead atoms. The predicted molar refractivity (Wildman–Crippen MR) is 127 cm³/mol. The van der Waals surface area contributed by atoms with Gasteiger partial charge in [0.25, 0.3) is 5.89 Å². The van der Waals surface area contributed by atoms with Crippen molar-refractivity contribution in [3.05, 3.63) is 83.4 Å². The molecule has 4 rings (SSSR count). The molecule has 0 aliphatic heterocycles. The maximum Gasteiger partial charge on any atom is 0.417 e. The van der Waals surface area contributed by atoms with Gasteiger partial charge < -0.3 is 14.6 Å². The molecule has 1 N–H and O–H groups in total. The largest absolute Gasteiger partial charge is 0.417 e. The van der Waals surface area contributed by atoms with Crippen LogP contribution in [0.4, 0.5) is 13.2 Å². The highest BCUT2D eigenvalue weighted by Crippen LogP contribution is 2.38. The number of aryl methyl sites for hydroxylation is 1. The number of hydrogen-bond acceptors (Lipinski definition) is 5. The van der Waals surface area contributed by atoms with Gasteiger partial charge in [0.05, 0.1) is 11.6 Å². The van der Waals surface area contributed by atoms with E-state index in [4.69, 9.17) is 4.52 Å². The molecule has 2 atom stereocenters. The summed E-state index contributed by atoms with van der Waals surface area (Å²) in [5.74, 6) is 0.676. The first-order valence-corrected chi connectivity index (χ1v) is 11.1. The fourth-order valence-electron chi connectivity index (χ4n) is 3.97. The number of aromatic nitrogens is 2. The molecule has 180 valence electrons. The van der Waals surface area contributed by atoms with E-state index in [1.165, 1.54) is 12.1 Å². The van der Waals surface area contributed by atoms with Crippen LogP contribution < -0.4 is 5.32 Å². The fraction of sp³-hybridized carbons (Fsp3) is 0.222. The van der Waals surface area contributed by atoms with Crippen LogP contribution in [0.15, 0.2) is 71.3 Å². The van der Waals surface area contributed by atoms with Gasteiger partial charge in [-0.3, -0.25) is 0 Å². The quantitative estimate of drug-likeness (QED) is 0.301. The number of carbonyl (C=O) groups is 1. The van der Waals surface area contributed by atoms with Gasteiger partial charge in [0, 0.05) is 17.2 Å². The van der Waals surface area contributed by atoms with Crippen LogP contribution in [-0.2, 0) is 11.0 Å². The van der Waals surface area contributed by atoms with Crippen molar-refractivity contribution in [3.63, 3.8) is 0 Å². The molecule has 35 heavy (non-hydrogen) atoms. The van der Waals surface area contributed by atoms with Gasteiger partial charge in [0.15, 0.2) is 0 Å². The van der Waals surface area contributed by atoms with Gasteiger partial charge >= 0.3 is 6.18 Å². The van der Waals surface area contributed by atoms with Crippen molar-refractivity contribution in [1.82, 2.24) is 15.5 Å². The average molecular weight is 480 g/mol. The molecule has 0 saturated heterocycles. The van der Waals surface area contributed by atoms with Crippen LogP contribution in [0.3, 0.4) is 0 Å². The highest BCUT2D eigenvalue weighted by Gasteiger charge is 2.33. The molecule has 0 unspecified atom stereocenters. The van der Waals surface area contributed by atoms with Crippen molar-refractivity contribution in [2.24, 2.45) is 0 Å². The van der Waals surface area contributed by atoms with E-state index in [1.54, 1.807) is 38.1 Å². The molecule has 1 aromatic heterocycles. The summed E-state index contributed by atoms with van der Waals surface area (Å²) >= 11 is 0. The molecule has 0 saturated carbocycles. The van der Waals surface area contributed by atoms with Gasteiger partial charge in [0.2, 0.25) is 5.82 Å². The van der Waals surface area contributed by atoms with Gasteiger partial charge in [0.1, 0.15) is 6.29 Å². The molecule has 0 fully saturated rings. The maximum absolute atomic E-state index is 13.5. The fourth-order valence-corrected chi connectivity index (χ4v) is 3.97. The normalized spacial score (nSPS) is 13.4. The lowest BCUT2D eigenvalue weighted by atomic mass is 9.94. The molecule has 0 radical (unpaired) electrons. The zero-order chi connectivity index (χ0) is 25.2. The van der Waals surface area contributed by atoms with Crippen molar-refractivity contribution >= 4 is 6.29 Å². The summed E-state index contributed by atoms with van der Waals surface area (Å²) in [6.07, 6.45) is -3.59. The molecule has 1 heterocycles. The monoisotopic (exact) mass is 479 g/mol. The van der Waals surface area contributed by atoms with E-state index in [0.717, 1.165) is 23.5 Å². The SMILES string of the molecule is Cc1cc(-c2nc(-c3ccc([C@@H](C)N[C@H](C)C=O)cc3)no2)ccc1-c1ccccc1C(F)(F)F. The summed E-state index contributed by atoms with van der Waals surface area (Å²) in [5.41, 5.74) is 2.99. The number of alkyl halides is 3. The van der Waals surface area contributed by atoms with Gasteiger partial charge in [-0.1, -0.05) is 53.7 Å². The van der Waals surface area contributed by atoms with Gasteiger partial charge in [-0.05, 0) is 61.2 Å². The molecule has 0 aliphatic carbocycles. The van der Waals surface area contributed by atoms with Crippen LogP contribution in [0.5, 0.6) is 0 Å². The number of nitrogens with one attached hydrogen (secondary N) is 1. The molecule has 8 heteroatoms. The Kier molecular flexibility index (Phi) is 6.84. The predicted octanol–water partition coefficient (Wildman–Crippen LogP) is 6.64. The van der Waals surface area contributed by atoms with E-state index in [2.05, 4.69) is 15.5 Å². The Morgan fingerprint density at radius 2 is 1.63 bits per heavy atom. The first-order valence-electron chi connectivity index (χ1n) is 11.1. The summed E-state index contributed by atoms with van der Waals surface area (Å²) < 4.78 is 45.8. The molecular formula is C27H24F3N3O2. The minimum absolute atomic E-state index is 0.00551. The lowest BCUT2D eigenvalue weighted by molar-refractivity contribution is -0.137. The Bertz CT molecular complexity index is 1330. The van der Waals surface area contributed by atoms with Crippen molar-refractivity contribution in [3.8, 4) is 34.0 Å². The molecule has 4 aromatic rings. The average Bonchev–Trinajstić information content (AvgIpc) is 3.34. The molecule has 5 nitrogen and oxygen atoms in total. The Balaban J connectivity index is 1.57. The number of benzene rings is 3. The third-order valence-corrected chi connectivity index (χ3v) is 5.81. The number of hydrogen-bond donors (Lipinski definition) is 1.